The molecule has 3 aromatic carbocycles. The lowest BCUT2D eigenvalue weighted by molar-refractivity contribution is -0.118. The molecule has 1 heterocycles. The van der Waals surface area contributed by atoms with E-state index in [0.717, 1.165) is 27.1 Å². The van der Waals surface area contributed by atoms with Crippen molar-refractivity contribution in [2.45, 2.75) is 19.9 Å². The molecule has 4 aromatic rings. The van der Waals surface area contributed by atoms with Crippen LogP contribution in [0.5, 0.6) is 5.75 Å². The number of aromatic nitrogens is 1. The van der Waals surface area contributed by atoms with Crippen LogP contribution < -0.4 is 15.0 Å². The predicted molar refractivity (Wildman–Crippen MR) is 128 cm³/mol. The lowest BCUT2D eigenvalue weighted by atomic mass is 10.1. The van der Waals surface area contributed by atoms with Gasteiger partial charge in [-0.25, -0.2) is 4.98 Å². The van der Waals surface area contributed by atoms with Gasteiger partial charge in [0, 0.05) is 12.6 Å². The van der Waals surface area contributed by atoms with E-state index in [4.69, 9.17) is 9.72 Å². The van der Waals surface area contributed by atoms with E-state index in [1.807, 2.05) is 60.7 Å². The number of rotatable bonds is 7. The Morgan fingerprint density at radius 1 is 1.00 bits per heavy atom. The minimum Gasteiger partial charge on any atom is -0.497 e. The van der Waals surface area contributed by atoms with Crippen molar-refractivity contribution in [2.24, 2.45) is 0 Å². The molecular weight excluding hydrogens is 422 g/mol. The molecule has 0 spiro atoms. The van der Waals surface area contributed by atoms with Crippen molar-refractivity contribution in [3.05, 3.63) is 83.9 Å². The Balaban J connectivity index is 1.61. The van der Waals surface area contributed by atoms with E-state index in [1.165, 1.54) is 18.3 Å². The molecule has 2 amide bonds. The fraction of sp³-hybridized carbons (Fsp3) is 0.160. The summed E-state index contributed by atoms with van der Waals surface area (Å²) >= 11 is 1.47. The number of nitrogens with zero attached hydrogens (tertiary/aromatic N) is 2. The first-order valence-corrected chi connectivity index (χ1v) is 11.0. The van der Waals surface area contributed by atoms with Gasteiger partial charge in [0.05, 0.1) is 30.3 Å². The largest absolute Gasteiger partial charge is 0.497 e. The fourth-order valence-corrected chi connectivity index (χ4v) is 4.35. The van der Waals surface area contributed by atoms with Gasteiger partial charge in [-0.15, -0.1) is 0 Å². The summed E-state index contributed by atoms with van der Waals surface area (Å²) < 4.78 is 6.28. The van der Waals surface area contributed by atoms with Crippen LogP contribution in [0.3, 0.4) is 0 Å². The number of fused-ring (bicyclic) bond motifs is 1. The summed E-state index contributed by atoms with van der Waals surface area (Å²) in [6.45, 7) is 1.90. The van der Waals surface area contributed by atoms with Gasteiger partial charge in [-0.1, -0.05) is 53.8 Å². The van der Waals surface area contributed by atoms with Crippen LogP contribution in [-0.4, -0.2) is 23.9 Å². The quantitative estimate of drug-likeness (QED) is 0.433. The molecule has 0 radical (unpaired) electrons. The first kappa shape index (κ1) is 21.5. The van der Waals surface area contributed by atoms with E-state index < -0.39 is 0 Å². The van der Waals surface area contributed by atoms with Gasteiger partial charge in [-0.2, -0.15) is 0 Å². The average molecular weight is 446 g/mol. The Morgan fingerprint density at radius 2 is 1.75 bits per heavy atom. The van der Waals surface area contributed by atoms with Gasteiger partial charge >= 0.3 is 0 Å². The number of amides is 2. The second kappa shape index (κ2) is 9.62. The summed E-state index contributed by atoms with van der Waals surface area (Å²) in [5, 5.41) is 3.39. The molecule has 0 fully saturated rings. The molecule has 162 valence electrons. The summed E-state index contributed by atoms with van der Waals surface area (Å²) in [7, 11) is 1.63. The Hall–Kier alpha value is -3.71. The van der Waals surface area contributed by atoms with Gasteiger partial charge in [0.25, 0.3) is 0 Å². The molecule has 0 atom stereocenters. The lowest BCUT2D eigenvalue weighted by Gasteiger charge is -2.20. The fourth-order valence-electron chi connectivity index (χ4n) is 3.34. The van der Waals surface area contributed by atoms with E-state index in [1.54, 1.807) is 24.1 Å². The molecule has 0 saturated carbocycles. The van der Waals surface area contributed by atoms with E-state index in [2.05, 4.69) is 5.32 Å². The third-order valence-corrected chi connectivity index (χ3v) is 5.97. The van der Waals surface area contributed by atoms with Crippen LogP contribution in [0, 0.1) is 0 Å². The maximum absolute atomic E-state index is 13.4. The summed E-state index contributed by atoms with van der Waals surface area (Å²) in [5.41, 5.74) is 3.43. The van der Waals surface area contributed by atoms with Crippen LogP contribution in [0.2, 0.25) is 0 Å². The highest BCUT2D eigenvalue weighted by molar-refractivity contribution is 7.22. The normalized spacial score (nSPS) is 10.7. The standard InChI is InChI=1S/C25H23N3O3S/c1-17(29)26-20-10-8-18(9-11-20)14-24(30)28(16-19-6-4-3-5-7-19)25-27-22-13-12-21(31-2)15-23(22)32-25/h3-13,15H,14,16H2,1-2H3,(H,26,29). The average Bonchev–Trinajstić information content (AvgIpc) is 3.22. The molecule has 0 unspecified atom stereocenters. The van der Waals surface area contributed by atoms with Gasteiger partial charge in [0.2, 0.25) is 11.8 Å². The number of methoxy groups -OCH3 is 1. The Labute approximate surface area is 190 Å². The number of hydrogen-bond acceptors (Lipinski definition) is 5. The molecule has 1 N–H and O–H groups in total. The topological polar surface area (TPSA) is 71.5 Å². The van der Waals surface area contributed by atoms with Crippen LogP contribution in [0.1, 0.15) is 18.1 Å². The van der Waals surface area contributed by atoms with Crippen LogP contribution in [0.25, 0.3) is 10.2 Å². The number of benzene rings is 3. The smallest absolute Gasteiger partial charge is 0.233 e. The molecule has 6 nitrogen and oxygen atoms in total. The molecule has 1 aromatic heterocycles. The Morgan fingerprint density at radius 3 is 2.44 bits per heavy atom. The van der Waals surface area contributed by atoms with Crippen LogP contribution in [0.15, 0.2) is 72.8 Å². The summed E-state index contributed by atoms with van der Waals surface area (Å²) in [6, 6.07) is 22.9. The maximum Gasteiger partial charge on any atom is 0.233 e. The molecule has 32 heavy (non-hydrogen) atoms. The number of thiazole rings is 1. The summed E-state index contributed by atoms with van der Waals surface area (Å²) in [4.78, 5) is 31.0. The van der Waals surface area contributed by atoms with Crippen LogP contribution >= 0.6 is 11.3 Å². The van der Waals surface area contributed by atoms with Crippen molar-refractivity contribution in [3.63, 3.8) is 0 Å². The van der Waals surface area contributed by atoms with Crippen molar-refractivity contribution in [1.82, 2.24) is 4.98 Å². The monoisotopic (exact) mass is 445 g/mol. The van der Waals surface area contributed by atoms with Crippen molar-refractivity contribution in [3.8, 4) is 5.75 Å². The Bertz CT molecular complexity index is 1240. The predicted octanol–water partition coefficient (Wildman–Crippen LogP) is 5.04. The lowest BCUT2D eigenvalue weighted by Crippen LogP contribution is -2.31. The summed E-state index contributed by atoms with van der Waals surface area (Å²) in [5.74, 6) is 0.579. The first-order chi connectivity index (χ1) is 15.5. The van der Waals surface area contributed by atoms with Crippen molar-refractivity contribution in [2.75, 3.05) is 17.3 Å². The van der Waals surface area contributed by atoms with E-state index in [-0.39, 0.29) is 18.2 Å². The molecule has 4 rings (SSSR count). The minimum absolute atomic E-state index is 0.0489. The third kappa shape index (κ3) is 5.12. The summed E-state index contributed by atoms with van der Waals surface area (Å²) in [6.07, 6.45) is 0.229. The molecule has 0 aliphatic carbocycles. The van der Waals surface area contributed by atoms with Gasteiger partial charge in [-0.3, -0.25) is 14.5 Å². The molecule has 7 heteroatoms. The van der Waals surface area contributed by atoms with Crippen molar-refractivity contribution >= 4 is 44.2 Å². The zero-order valence-corrected chi connectivity index (χ0v) is 18.7. The molecule has 0 aliphatic rings. The van der Waals surface area contributed by atoms with E-state index >= 15 is 0 Å². The second-order valence-corrected chi connectivity index (χ2v) is 8.36. The number of hydrogen-bond donors (Lipinski definition) is 1. The SMILES string of the molecule is COc1ccc2nc(N(Cc3ccccc3)C(=O)Cc3ccc(NC(C)=O)cc3)sc2c1. The molecule has 0 aliphatic heterocycles. The number of carbonyl (C=O) groups excluding carboxylic acids is 2. The van der Waals surface area contributed by atoms with Crippen LogP contribution in [-0.2, 0) is 22.6 Å². The van der Waals surface area contributed by atoms with Gasteiger partial charge in [0.15, 0.2) is 5.13 Å². The molecular formula is C25H23N3O3S. The number of ether oxygens (including phenoxy) is 1. The Kier molecular flexibility index (Phi) is 6.47. The van der Waals surface area contributed by atoms with Crippen molar-refractivity contribution in [1.29, 1.82) is 0 Å². The third-order valence-electron chi connectivity index (χ3n) is 4.93. The maximum atomic E-state index is 13.4. The first-order valence-electron chi connectivity index (χ1n) is 10.2. The van der Waals surface area contributed by atoms with Crippen LogP contribution in [0.4, 0.5) is 10.8 Å². The number of nitrogens with one attached hydrogen (secondary N) is 1. The van der Waals surface area contributed by atoms with E-state index in [9.17, 15) is 9.59 Å². The number of carbonyl (C=O) groups is 2. The highest BCUT2D eigenvalue weighted by Crippen LogP contribution is 2.32. The van der Waals surface area contributed by atoms with Gasteiger partial charge in [0.1, 0.15) is 5.75 Å². The highest BCUT2D eigenvalue weighted by atomic mass is 32.1. The second-order valence-electron chi connectivity index (χ2n) is 7.35. The molecule has 0 saturated heterocycles. The molecule has 0 bridgehead atoms. The highest BCUT2D eigenvalue weighted by Gasteiger charge is 2.21. The minimum atomic E-state index is -0.129. The van der Waals surface area contributed by atoms with E-state index in [0.29, 0.717) is 17.4 Å². The van der Waals surface area contributed by atoms with Gasteiger partial charge in [-0.05, 0) is 41.5 Å². The van der Waals surface area contributed by atoms with Crippen molar-refractivity contribution < 1.29 is 14.3 Å². The number of anilines is 2. The zero-order valence-electron chi connectivity index (χ0n) is 17.9. The zero-order chi connectivity index (χ0) is 22.5. The van der Waals surface area contributed by atoms with Gasteiger partial charge < -0.3 is 10.1 Å².